The maximum absolute atomic E-state index is 13.1. The number of amides is 4. The van der Waals surface area contributed by atoms with Crippen molar-refractivity contribution in [3.05, 3.63) is 114 Å². The van der Waals surface area contributed by atoms with Crippen LogP contribution in [0.25, 0.3) is 0 Å². The van der Waals surface area contributed by atoms with Crippen LogP contribution in [-0.2, 0) is 16.0 Å². The van der Waals surface area contributed by atoms with Gasteiger partial charge in [0, 0.05) is 74.0 Å². The highest BCUT2D eigenvalue weighted by atomic mass is 16.3. The number of ketones is 1. The molecule has 0 aliphatic carbocycles. The summed E-state index contributed by atoms with van der Waals surface area (Å²) in [4.78, 5) is 69.3. The van der Waals surface area contributed by atoms with Crippen molar-refractivity contribution in [2.75, 3.05) is 36.4 Å². The summed E-state index contributed by atoms with van der Waals surface area (Å²) in [6.07, 6.45) is 16.8. The molecule has 1 unspecified atom stereocenters. The third-order valence-corrected chi connectivity index (χ3v) is 12.3. The molecule has 4 aliphatic heterocycles. The van der Waals surface area contributed by atoms with Gasteiger partial charge in [-0.2, -0.15) is 0 Å². The van der Waals surface area contributed by atoms with E-state index >= 15 is 0 Å². The highest BCUT2D eigenvalue weighted by Gasteiger charge is 2.44. The number of unbranched alkanes of at least 4 members (excludes halogenated alkanes) is 8. The van der Waals surface area contributed by atoms with Gasteiger partial charge in [0.2, 0.25) is 11.8 Å². The second-order valence-corrected chi connectivity index (χ2v) is 16.6. The van der Waals surface area contributed by atoms with Crippen molar-refractivity contribution in [3.63, 3.8) is 0 Å². The number of fused-ring (bicyclic) bond motifs is 3. The standard InChI is InChI=1S/C48H58N6O6/c1-33-16-23-42(46(58)51-33)54-47(59)39-22-19-35(29-41(39)48(54)60)49-26-12-8-6-4-2-3-5-7-9-15-45(57)50-27-24-34-17-20-36(21-18-34)53-32-37-30-38(53)31-52(37)28-25-44(56)40-13-10-11-14-43(40)55/h10-11,13-14,17-22,25,28-29,37-38,42,49,55H,1-9,12,15-16,23-24,26-27,30-32H2,(H,50,57)(H,51,58)/b28-25+/t37-,38-,42?/m1/s1. The topological polar surface area (TPSA) is 151 Å². The molecule has 3 atom stereocenters. The third-order valence-electron chi connectivity index (χ3n) is 12.3. The molecule has 3 aromatic rings. The van der Waals surface area contributed by atoms with Gasteiger partial charge < -0.3 is 30.9 Å². The number of piperazine rings is 1. The van der Waals surface area contributed by atoms with E-state index in [0.717, 1.165) is 75.2 Å². The number of phenolic OH excluding ortho intramolecular Hbond substituents is 1. The zero-order valence-electron chi connectivity index (χ0n) is 34.5. The van der Waals surface area contributed by atoms with Gasteiger partial charge in [0.1, 0.15) is 11.8 Å². The molecular weight excluding hydrogens is 757 g/mol. The number of imide groups is 1. The van der Waals surface area contributed by atoms with Crippen LogP contribution in [0.4, 0.5) is 11.4 Å². The molecule has 0 radical (unpaired) electrons. The van der Waals surface area contributed by atoms with Crippen molar-refractivity contribution < 1.29 is 29.1 Å². The lowest BCUT2D eigenvalue weighted by molar-refractivity contribution is -0.125. The monoisotopic (exact) mass is 814 g/mol. The quantitative estimate of drug-likeness (QED) is 0.0382. The molecule has 0 aromatic heterocycles. The van der Waals surface area contributed by atoms with Gasteiger partial charge in [0.15, 0.2) is 5.78 Å². The number of para-hydroxylation sites is 1. The lowest BCUT2D eigenvalue weighted by Crippen LogP contribution is -2.51. The average molecular weight is 815 g/mol. The average Bonchev–Trinajstić information content (AvgIpc) is 3.92. The number of likely N-dealkylation sites (tertiary alicyclic amines) is 1. The van der Waals surface area contributed by atoms with Gasteiger partial charge in [-0.15, -0.1) is 0 Å². The number of aromatic hydroxyl groups is 1. The molecule has 2 bridgehead atoms. The first-order chi connectivity index (χ1) is 29.2. The first-order valence-corrected chi connectivity index (χ1v) is 21.8. The second-order valence-electron chi connectivity index (χ2n) is 16.6. The van der Waals surface area contributed by atoms with E-state index in [0.29, 0.717) is 60.3 Å². The van der Waals surface area contributed by atoms with E-state index in [1.807, 2.05) is 12.3 Å². The Morgan fingerprint density at radius 3 is 2.25 bits per heavy atom. The molecule has 3 saturated heterocycles. The van der Waals surface area contributed by atoms with Crippen LogP contribution in [-0.4, -0.2) is 88.6 Å². The van der Waals surface area contributed by atoms with E-state index in [-0.39, 0.29) is 23.3 Å². The van der Waals surface area contributed by atoms with Gasteiger partial charge in [-0.25, -0.2) is 0 Å². The van der Waals surface area contributed by atoms with Gasteiger partial charge in [0.25, 0.3) is 11.8 Å². The van der Waals surface area contributed by atoms with Gasteiger partial charge in [0.05, 0.1) is 16.7 Å². The Bertz CT molecular complexity index is 2100. The number of phenols is 1. The Morgan fingerprint density at radius 2 is 1.53 bits per heavy atom. The first-order valence-electron chi connectivity index (χ1n) is 21.8. The second kappa shape index (κ2) is 19.9. The minimum atomic E-state index is -0.805. The number of hydrogen-bond donors (Lipinski definition) is 4. The molecule has 12 heteroatoms. The summed E-state index contributed by atoms with van der Waals surface area (Å²) in [6, 6.07) is 20.5. The maximum Gasteiger partial charge on any atom is 0.262 e. The molecule has 4 N–H and O–H groups in total. The highest BCUT2D eigenvalue weighted by Crippen LogP contribution is 2.35. The normalized spacial score (nSPS) is 19.7. The molecule has 316 valence electrons. The van der Waals surface area contributed by atoms with Gasteiger partial charge in [-0.1, -0.05) is 75.8 Å². The number of carbonyl (C=O) groups is 5. The van der Waals surface area contributed by atoms with Crippen molar-refractivity contribution in [1.82, 2.24) is 20.4 Å². The van der Waals surface area contributed by atoms with Crippen LogP contribution in [0.1, 0.15) is 120 Å². The summed E-state index contributed by atoms with van der Waals surface area (Å²) in [5.74, 6) is -1.26. The molecule has 4 heterocycles. The van der Waals surface area contributed by atoms with E-state index in [9.17, 15) is 29.1 Å². The van der Waals surface area contributed by atoms with Crippen LogP contribution in [0.3, 0.4) is 0 Å². The van der Waals surface area contributed by atoms with Crippen LogP contribution in [0.15, 0.2) is 91.3 Å². The molecular formula is C48H58N6O6. The number of piperidine rings is 1. The number of nitrogens with one attached hydrogen (secondary N) is 3. The summed E-state index contributed by atoms with van der Waals surface area (Å²) >= 11 is 0. The van der Waals surface area contributed by atoms with Crippen LogP contribution in [0.2, 0.25) is 0 Å². The van der Waals surface area contributed by atoms with Crippen molar-refractivity contribution in [2.24, 2.45) is 0 Å². The third kappa shape index (κ3) is 10.3. The summed E-state index contributed by atoms with van der Waals surface area (Å²) in [5.41, 5.74) is 4.82. The molecule has 0 spiro atoms. The van der Waals surface area contributed by atoms with Crippen molar-refractivity contribution in [2.45, 2.75) is 108 Å². The SMILES string of the molecule is C=C1CCC(N2C(=O)c3ccc(NCCCCCCCCCCCC(=O)NCCc4ccc(N5C[C@H]6C[C@@H]5CN6/C=C/C(=O)c5ccccc5O)cc4)cc3C2=O)C(=O)N1. The van der Waals surface area contributed by atoms with Gasteiger partial charge in [-0.05, 0) is 86.6 Å². The number of hydrogen-bond acceptors (Lipinski definition) is 9. The minimum Gasteiger partial charge on any atom is -0.507 e. The molecule has 3 fully saturated rings. The Balaban J connectivity index is 0.683. The number of allylic oxidation sites excluding steroid dienone is 2. The molecule has 60 heavy (non-hydrogen) atoms. The largest absolute Gasteiger partial charge is 0.507 e. The van der Waals surface area contributed by atoms with E-state index in [1.54, 1.807) is 36.4 Å². The van der Waals surface area contributed by atoms with Crippen LogP contribution in [0.5, 0.6) is 5.75 Å². The molecule has 0 saturated carbocycles. The minimum absolute atomic E-state index is 0.00412. The smallest absolute Gasteiger partial charge is 0.262 e. The Hall–Kier alpha value is -5.91. The van der Waals surface area contributed by atoms with E-state index in [2.05, 4.69) is 56.6 Å². The number of benzene rings is 3. The fraction of sp³-hybridized carbons (Fsp3) is 0.438. The summed E-state index contributed by atoms with van der Waals surface area (Å²) < 4.78 is 0. The van der Waals surface area contributed by atoms with Crippen molar-refractivity contribution in [1.29, 1.82) is 0 Å². The van der Waals surface area contributed by atoms with Crippen LogP contribution in [0, 0.1) is 0 Å². The highest BCUT2D eigenvalue weighted by molar-refractivity contribution is 6.23. The summed E-state index contributed by atoms with van der Waals surface area (Å²) in [7, 11) is 0. The predicted octanol–water partition coefficient (Wildman–Crippen LogP) is 7.11. The molecule has 7 rings (SSSR count). The van der Waals surface area contributed by atoms with Crippen LogP contribution >= 0.6 is 0 Å². The lowest BCUT2D eigenvalue weighted by atomic mass is 10.0. The zero-order chi connectivity index (χ0) is 42.0. The lowest BCUT2D eigenvalue weighted by Gasteiger charge is -2.35. The zero-order valence-corrected chi connectivity index (χ0v) is 34.5. The molecule has 12 nitrogen and oxygen atoms in total. The van der Waals surface area contributed by atoms with E-state index < -0.39 is 17.9 Å². The van der Waals surface area contributed by atoms with Gasteiger partial charge in [-0.3, -0.25) is 28.9 Å². The van der Waals surface area contributed by atoms with E-state index in [4.69, 9.17) is 0 Å². The number of nitrogens with zero attached hydrogens (tertiary/aromatic N) is 3. The van der Waals surface area contributed by atoms with Gasteiger partial charge >= 0.3 is 0 Å². The fourth-order valence-electron chi connectivity index (χ4n) is 8.96. The van der Waals surface area contributed by atoms with E-state index in [1.165, 1.54) is 43.0 Å². The van der Waals surface area contributed by atoms with Crippen LogP contribution < -0.4 is 20.9 Å². The fourth-order valence-corrected chi connectivity index (χ4v) is 8.96. The molecule has 3 aromatic carbocycles. The Kier molecular flexibility index (Phi) is 14.0. The Labute approximate surface area is 353 Å². The molecule has 4 aliphatic rings. The molecule has 4 amide bonds. The number of carbonyl (C=O) groups excluding carboxylic acids is 5. The summed E-state index contributed by atoms with van der Waals surface area (Å²) in [5, 5.41) is 19.1. The first kappa shape index (κ1) is 42.2. The predicted molar refractivity (Wildman–Crippen MR) is 233 cm³/mol. The summed E-state index contributed by atoms with van der Waals surface area (Å²) in [6.45, 7) is 6.96. The maximum atomic E-state index is 13.1. The Morgan fingerprint density at radius 1 is 0.817 bits per heavy atom. The number of rotatable bonds is 21. The number of anilines is 2. The van der Waals surface area contributed by atoms with Crippen molar-refractivity contribution in [3.8, 4) is 5.75 Å². The van der Waals surface area contributed by atoms with Crippen molar-refractivity contribution >= 4 is 40.8 Å².